The van der Waals surface area contributed by atoms with Gasteiger partial charge in [0, 0.05) is 30.3 Å². The first-order chi connectivity index (χ1) is 14.1. The van der Waals surface area contributed by atoms with Crippen molar-refractivity contribution in [1.29, 1.82) is 0 Å². The minimum absolute atomic E-state index is 0.0696. The number of nitrogens with zero attached hydrogens (tertiary/aromatic N) is 3. The summed E-state index contributed by atoms with van der Waals surface area (Å²) in [4.78, 5) is 15.5. The fourth-order valence-corrected chi connectivity index (χ4v) is 2.86. The van der Waals surface area contributed by atoms with E-state index in [1.54, 1.807) is 29.3 Å². The molecular weight excluding hydrogens is 370 g/mol. The fraction of sp³-hybridized carbons (Fsp3) is 0.318. The van der Waals surface area contributed by atoms with Crippen LogP contribution in [0.4, 0.5) is 0 Å². The van der Waals surface area contributed by atoms with E-state index in [0.29, 0.717) is 23.1 Å². The first-order valence-electron chi connectivity index (χ1n) is 9.66. The smallest absolute Gasteiger partial charge is 0.219 e. The van der Waals surface area contributed by atoms with Gasteiger partial charge in [0.2, 0.25) is 5.88 Å². The van der Waals surface area contributed by atoms with Crippen molar-refractivity contribution in [2.24, 2.45) is 5.92 Å². The molecule has 4 rings (SSSR count). The number of carbonyl (C=O) groups excluding carboxylic acids is 1. The second-order valence-electron chi connectivity index (χ2n) is 7.33. The molecule has 0 aliphatic heterocycles. The summed E-state index contributed by atoms with van der Waals surface area (Å²) in [5.41, 5.74) is 1.31. The molecule has 1 aliphatic rings. The van der Waals surface area contributed by atoms with Crippen LogP contribution >= 0.6 is 0 Å². The topological polar surface area (TPSA) is 86.5 Å². The lowest BCUT2D eigenvalue weighted by Crippen LogP contribution is -2.02. The van der Waals surface area contributed by atoms with Crippen molar-refractivity contribution < 1.29 is 19.4 Å². The van der Waals surface area contributed by atoms with Crippen LogP contribution in [-0.4, -0.2) is 32.3 Å². The molecule has 0 spiro atoms. The molecule has 1 saturated carbocycles. The van der Waals surface area contributed by atoms with Gasteiger partial charge in [-0.2, -0.15) is 5.10 Å². The molecule has 1 aliphatic carbocycles. The zero-order valence-electron chi connectivity index (χ0n) is 16.2. The van der Waals surface area contributed by atoms with Gasteiger partial charge >= 0.3 is 0 Å². The monoisotopic (exact) mass is 393 g/mol. The number of hydrogen-bond donors (Lipinski definition) is 1. The Morgan fingerprint density at radius 3 is 2.79 bits per heavy atom. The molecule has 29 heavy (non-hydrogen) atoms. The van der Waals surface area contributed by atoms with Gasteiger partial charge in [0.1, 0.15) is 17.3 Å². The normalized spacial score (nSPS) is 14.4. The summed E-state index contributed by atoms with van der Waals surface area (Å²) >= 11 is 0. The van der Waals surface area contributed by atoms with Crippen molar-refractivity contribution in [3.63, 3.8) is 0 Å². The maximum Gasteiger partial charge on any atom is 0.219 e. The van der Waals surface area contributed by atoms with Gasteiger partial charge in [-0.15, -0.1) is 0 Å². The van der Waals surface area contributed by atoms with Crippen LogP contribution in [0, 0.1) is 5.92 Å². The quantitative estimate of drug-likeness (QED) is 0.594. The summed E-state index contributed by atoms with van der Waals surface area (Å²) in [7, 11) is 0. The van der Waals surface area contributed by atoms with E-state index in [4.69, 9.17) is 9.47 Å². The van der Waals surface area contributed by atoms with Gasteiger partial charge in [0.05, 0.1) is 30.8 Å². The maximum atomic E-state index is 11.2. The molecular formula is C22H23N3O4. The molecule has 0 bridgehead atoms. The van der Waals surface area contributed by atoms with Gasteiger partial charge in [-0.25, -0.2) is 9.67 Å². The SMILES string of the molecule is CC(=O)CC(O)c1cnn(-c2ccc(Oc3cccc(OCC4CC4)c3)nc2)c1. The van der Waals surface area contributed by atoms with E-state index in [0.717, 1.165) is 18.0 Å². The second kappa shape index (κ2) is 8.45. The second-order valence-corrected chi connectivity index (χ2v) is 7.33. The highest BCUT2D eigenvalue weighted by molar-refractivity contribution is 5.76. The third-order valence-corrected chi connectivity index (χ3v) is 4.66. The van der Waals surface area contributed by atoms with Crippen LogP contribution in [0.25, 0.3) is 5.69 Å². The van der Waals surface area contributed by atoms with Gasteiger partial charge < -0.3 is 14.6 Å². The van der Waals surface area contributed by atoms with Gasteiger partial charge in [-0.1, -0.05) is 6.07 Å². The first kappa shape index (κ1) is 19.1. The predicted molar refractivity (Wildman–Crippen MR) is 106 cm³/mol. The van der Waals surface area contributed by atoms with E-state index < -0.39 is 6.10 Å². The third-order valence-electron chi connectivity index (χ3n) is 4.66. The molecule has 2 aromatic heterocycles. The van der Waals surface area contributed by atoms with E-state index in [1.165, 1.54) is 19.8 Å². The van der Waals surface area contributed by atoms with Crippen molar-refractivity contribution in [3.8, 4) is 23.1 Å². The Morgan fingerprint density at radius 1 is 1.24 bits per heavy atom. The number of pyridine rings is 1. The highest BCUT2D eigenvalue weighted by Gasteiger charge is 2.21. The Hall–Kier alpha value is -3.19. The molecule has 0 radical (unpaired) electrons. The lowest BCUT2D eigenvalue weighted by atomic mass is 10.1. The summed E-state index contributed by atoms with van der Waals surface area (Å²) < 4.78 is 13.2. The Labute approximate surface area is 168 Å². The fourth-order valence-electron chi connectivity index (χ4n) is 2.86. The minimum Gasteiger partial charge on any atom is -0.493 e. The predicted octanol–water partition coefficient (Wildman–Crippen LogP) is 3.86. The number of Topliss-reactive ketones (excluding diaryl/α,β-unsaturated/α-hetero) is 1. The Morgan fingerprint density at radius 2 is 2.07 bits per heavy atom. The van der Waals surface area contributed by atoms with Crippen molar-refractivity contribution in [2.45, 2.75) is 32.3 Å². The first-order valence-corrected chi connectivity index (χ1v) is 9.66. The van der Waals surface area contributed by atoms with Gasteiger partial charge in [0.25, 0.3) is 0 Å². The maximum absolute atomic E-state index is 11.2. The van der Waals surface area contributed by atoms with Crippen LogP contribution < -0.4 is 9.47 Å². The Kier molecular flexibility index (Phi) is 5.57. The standard InChI is InChI=1S/C22H23N3O4/c1-15(26)9-21(27)17-11-24-25(13-17)18-7-8-22(23-12-18)29-20-4-2-3-19(10-20)28-14-16-5-6-16/h2-4,7-8,10-13,16,21,27H,5-6,9,14H2,1H3. The Balaban J connectivity index is 1.40. The van der Waals surface area contributed by atoms with E-state index in [1.807, 2.05) is 30.3 Å². The molecule has 3 aromatic rings. The lowest BCUT2D eigenvalue weighted by Gasteiger charge is -2.09. The van der Waals surface area contributed by atoms with Crippen LogP contribution in [0.15, 0.2) is 55.0 Å². The Bertz CT molecular complexity index is 980. The molecule has 150 valence electrons. The number of ketones is 1. The van der Waals surface area contributed by atoms with E-state index >= 15 is 0 Å². The average Bonchev–Trinajstić information content (AvgIpc) is 3.40. The molecule has 1 N–H and O–H groups in total. The van der Waals surface area contributed by atoms with Crippen molar-refractivity contribution in [3.05, 3.63) is 60.6 Å². The van der Waals surface area contributed by atoms with Crippen LogP contribution in [-0.2, 0) is 4.79 Å². The van der Waals surface area contributed by atoms with Crippen molar-refractivity contribution >= 4 is 5.78 Å². The van der Waals surface area contributed by atoms with E-state index in [-0.39, 0.29) is 12.2 Å². The molecule has 1 aromatic carbocycles. The zero-order valence-corrected chi connectivity index (χ0v) is 16.2. The molecule has 1 atom stereocenters. The van der Waals surface area contributed by atoms with Crippen molar-refractivity contribution in [2.75, 3.05) is 6.61 Å². The van der Waals surface area contributed by atoms with Gasteiger partial charge in [-0.3, -0.25) is 4.79 Å². The summed E-state index contributed by atoms with van der Waals surface area (Å²) in [5.74, 6) is 2.53. The molecule has 0 saturated heterocycles. The van der Waals surface area contributed by atoms with Crippen LogP contribution in [0.5, 0.6) is 17.4 Å². The number of benzene rings is 1. The van der Waals surface area contributed by atoms with Gasteiger partial charge in [0.15, 0.2) is 0 Å². The third kappa shape index (κ3) is 5.20. The summed E-state index contributed by atoms with van der Waals surface area (Å²) in [6.45, 7) is 2.20. The number of rotatable bonds is 9. The highest BCUT2D eigenvalue weighted by atomic mass is 16.5. The van der Waals surface area contributed by atoms with Crippen LogP contribution in [0.3, 0.4) is 0 Å². The lowest BCUT2D eigenvalue weighted by molar-refractivity contribution is -0.118. The highest BCUT2D eigenvalue weighted by Crippen LogP contribution is 2.31. The average molecular weight is 393 g/mol. The number of aliphatic hydroxyl groups is 1. The number of carbonyl (C=O) groups is 1. The summed E-state index contributed by atoms with van der Waals surface area (Å²) in [6.07, 6.45) is 6.58. The van der Waals surface area contributed by atoms with E-state index in [9.17, 15) is 9.90 Å². The van der Waals surface area contributed by atoms with Crippen molar-refractivity contribution in [1.82, 2.24) is 14.8 Å². The van der Waals surface area contributed by atoms with E-state index in [2.05, 4.69) is 10.1 Å². The molecule has 1 fully saturated rings. The number of hydrogen-bond acceptors (Lipinski definition) is 6. The summed E-state index contributed by atoms with van der Waals surface area (Å²) in [6, 6.07) is 11.1. The van der Waals surface area contributed by atoms with Crippen LogP contribution in [0.2, 0.25) is 0 Å². The van der Waals surface area contributed by atoms with Gasteiger partial charge in [-0.05, 0) is 43.9 Å². The zero-order chi connectivity index (χ0) is 20.2. The number of aromatic nitrogens is 3. The summed E-state index contributed by atoms with van der Waals surface area (Å²) in [5, 5.41) is 14.3. The molecule has 7 heteroatoms. The molecule has 1 unspecified atom stereocenters. The minimum atomic E-state index is -0.855. The molecule has 2 heterocycles. The largest absolute Gasteiger partial charge is 0.493 e. The number of aliphatic hydroxyl groups excluding tert-OH is 1. The molecule has 7 nitrogen and oxygen atoms in total. The molecule has 0 amide bonds. The van der Waals surface area contributed by atoms with Crippen LogP contribution in [0.1, 0.15) is 37.9 Å². The number of ether oxygens (including phenoxy) is 2.